The number of methoxy groups -OCH3 is 1. The second-order valence-corrected chi connectivity index (χ2v) is 4.57. The third-order valence-electron chi connectivity index (χ3n) is 2.94. The van der Waals surface area contributed by atoms with E-state index < -0.39 is 0 Å². The van der Waals surface area contributed by atoms with Crippen LogP contribution >= 0.6 is 0 Å². The van der Waals surface area contributed by atoms with Gasteiger partial charge in [-0.05, 0) is 26.6 Å². The Balaban J connectivity index is 2.59. The van der Waals surface area contributed by atoms with Gasteiger partial charge in [-0.2, -0.15) is 0 Å². The van der Waals surface area contributed by atoms with Crippen LogP contribution in [0.5, 0.6) is 0 Å². The highest BCUT2D eigenvalue weighted by Gasteiger charge is 2.13. The number of hydrogen-bond donors (Lipinski definition) is 1. The molecule has 1 rings (SSSR count). The predicted molar refractivity (Wildman–Crippen MR) is 72.2 cm³/mol. The Morgan fingerprint density at radius 3 is 2.76 bits per heavy atom. The van der Waals surface area contributed by atoms with Gasteiger partial charge in [-0.1, -0.05) is 29.8 Å². The lowest BCUT2D eigenvalue weighted by atomic mass is 10.1. The summed E-state index contributed by atoms with van der Waals surface area (Å²) in [5.74, 6) is 0. The molecule has 0 radical (unpaired) electrons. The second-order valence-electron chi connectivity index (χ2n) is 4.57. The van der Waals surface area contributed by atoms with Crippen LogP contribution in [0.2, 0.25) is 0 Å². The van der Waals surface area contributed by atoms with Crippen molar-refractivity contribution in [1.82, 2.24) is 10.2 Å². The number of benzene rings is 1. The first-order valence-electron chi connectivity index (χ1n) is 6.06. The van der Waals surface area contributed by atoms with Crippen LogP contribution in [-0.2, 0) is 11.3 Å². The molecule has 3 heteroatoms. The van der Waals surface area contributed by atoms with Crippen LogP contribution in [0.4, 0.5) is 0 Å². The van der Waals surface area contributed by atoms with Crippen molar-refractivity contribution in [1.29, 1.82) is 0 Å². The zero-order valence-electron chi connectivity index (χ0n) is 11.4. The second kappa shape index (κ2) is 7.43. The van der Waals surface area contributed by atoms with Crippen LogP contribution in [0.1, 0.15) is 11.1 Å². The molecule has 0 aliphatic carbocycles. The summed E-state index contributed by atoms with van der Waals surface area (Å²) in [5, 5.41) is 3.21. The zero-order valence-corrected chi connectivity index (χ0v) is 11.4. The fourth-order valence-corrected chi connectivity index (χ4v) is 2.00. The molecule has 0 heterocycles. The average molecular weight is 236 g/mol. The largest absolute Gasteiger partial charge is 0.383 e. The molecule has 96 valence electrons. The first kappa shape index (κ1) is 14.2. The Morgan fingerprint density at radius 2 is 2.18 bits per heavy atom. The molecule has 0 bridgehead atoms. The molecule has 1 N–H and O–H groups in total. The molecule has 0 saturated carbocycles. The van der Waals surface area contributed by atoms with Gasteiger partial charge in [0.15, 0.2) is 0 Å². The van der Waals surface area contributed by atoms with E-state index in [9.17, 15) is 0 Å². The fraction of sp³-hybridized carbons (Fsp3) is 0.571. The molecule has 0 aliphatic rings. The van der Waals surface area contributed by atoms with Crippen molar-refractivity contribution in [2.75, 3.05) is 34.4 Å². The molecule has 0 fully saturated rings. The van der Waals surface area contributed by atoms with Crippen molar-refractivity contribution < 1.29 is 4.74 Å². The highest BCUT2D eigenvalue weighted by atomic mass is 16.5. The van der Waals surface area contributed by atoms with E-state index in [-0.39, 0.29) is 0 Å². The van der Waals surface area contributed by atoms with Crippen LogP contribution in [0.25, 0.3) is 0 Å². The molecule has 0 amide bonds. The SMILES string of the molecule is CNCC(COC)N(C)Cc1cccc(C)c1. The van der Waals surface area contributed by atoms with E-state index in [1.54, 1.807) is 7.11 Å². The van der Waals surface area contributed by atoms with E-state index in [2.05, 4.69) is 48.5 Å². The minimum Gasteiger partial charge on any atom is -0.383 e. The number of rotatable bonds is 7. The van der Waals surface area contributed by atoms with Gasteiger partial charge in [-0.15, -0.1) is 0 Å². The Hall–Kier alpha value is -0.900. The maximum atomic E-state index is 5.26. The number of likely N-dealkylation sites (N-methyl/N-ethyl adjacent to an activating group) is 2. The number of hydrogen-bond acceptors (Lipinski definition) is 3. The van der Waals surface area contributed by atoms with E-state index >= 15 is 0 Å². The van der Waals surface area contributed by atoms with Crippen LogP contribution in [0.15, 0.2) is 24.3 Å². The van der Waals surface area contributed by atoms with Crippen molar-refractivity contribution in [3.05, 3.63) is 35.4 Å². The molecule has 1 atom stereocenters. The van der Waals surface area contributed by atoms with Crippen LogP contribution in [0.3, 0.4) is 0 Å². The van der Waals surface area contributed by atoms with Crippen molar-refractivity contribution >= 4 is 0 Å². The highest BCUT2D eigenvalue weighted by molar-refractivity contribution is 5.22. The number of nitrogens with zero attached hydrogens (tertiary/aromatic N) is 1. The van der Waals surface area contributed by atoms with Crippen molar-refractivity contribution in [3.8, 4) is 0 Å². The monoisotopic (exact) mass is 236 g/mol. The lowest BCUT2D eigenvalue weighted by Gasteiger charge is -2.27. The van der Waals surface area contributed by atoms with Gasteiger partial charge >= 0.3 is 0 Å². The summed E-state index contributed by atoms with van der Waals surface area (Å²) in [6.07, 6.45) is 0. The summed E-state index contributed by atoms with van der Waals surface area (Å²) < 4.78 is 5.26. The van der Waals surface area contributed by atoms with Gasteiger partial charge in [0.05, 0.1) is 6.61 Å². The summed E-state index contributed by atoms with van der Waals surface area (Å²) in [5.41, 5.74) is 2.66. The lowest BCUT2D eigenvalue weighted by molar-refractivity contribution is 0.102. The molecule has 3 nitrogen and oxygen atoms in total. The molecule has 17 heavy (non-hydrogen) atoms. The lowest BCUT2D eigenvalue weighted by Crippen LogP contribution is -2.41. The number of ether oxygens (including phenoxy) is 1. The molecular weight excluding hydrogens is 212 g/mol. The first-order chi connectivity index (χ1) is 8.17. The van der Waals surface area contributed by atoms with E-state index in [1.807, 2.05) is 7.05 Å². The Labute approximate surface area is 105 Å². The van der Waals surface area contributed by atoms with Gasteiger partial charge in [0.2, 0.25) is 0 Å². The zero-order chi connectivity index (χ0) is 12.7. The van der Waals surface area contributed by atoms with E-state index in [0.717, 1.165) is 19.7 Å². The minimum absolute atomic E-state index is 0.408. The van der Waals surface area contributed by atoms with Gasteiger partial charge in [-0.25, -0.2) is 0 Å². The summed E-state index contributed by atoms with van der Waals surface area (Å²) in [7, 11) is 5.87. The van der Waals surface area contributed by atoms with Crippen LogP contribution in [0, 0.1) is 6.92 Å². The highest BCUT2D eigenvalue weighted by Crippen LogP contribution is 2.08. The maximum absolute atomic E-state index is 5.26. The Kier molecular flexibility index (Phi) is 6.19. The third-order valence-corrected chi connectivity index (χ3v) is 2.94. The minimum atomic E-state index is 0.408. The standard InChI is InChI=1S/C14H24N2O/c1-12-6-5-7-13(8-12)10-16(3)14(9-15-2)11-17-4/h5-8,14-15H,9-11H2,1-4H3. The summed E-state index contributed by atoms with van der Waals surface area (Å²) in [6.45, 7) is 4.78. The average Bonchev–Trinajstić information content (AvgIpc) is 2.28. The molecule has 1 unspecified atom stereocenters. The topological polar surface area (TPSA) is 24.5 Å². The van der Waals surface area contributed by atoms with Gasteiger partial charge in [0.1, 0.15) is 0 Å². The Bertz CT molecular complexity index is 322. The molecule has 0 spiro atoms. The molecule has 0 aromatic heterocycles. The van der Waals surface area contributed by atoms with E-state index in [0.29, 0.717) is 6.04 Å². The summed E-state index contributed by atoms with van der Waals surface area (Å²) in [6, 6.07) is 9.06. The molecule has 0 aliphatic heterocycles. The van der Waals surface area contributed by atoms with Gasteiger partial charge in [0.25, 0.3) is 0 Å². The Morgan fingerprint density at radius 1 is 1.41 bits per heavy atom. The van der Waals surface area contributed by atoms with Crippen molar-refractivity contribution in [2.45, 2.75) is 19.5 Å². The third kappa shape index (κ3) is 4.86. The normalized spacial score (nSPS) is 13.0. The van der Waals surface area contributed by atoms with Gasteiger partial charge in [-0.3, -0.25) is 4.90 Å². The van der Waals surface area contributed by atoms with Crippen molar-refractivity contribution in [2.24, 2.45) is 0 Å². The molecule has 0 saturated heterocycles. The van der Waals surface area contributed by atoms with Crippen LogP contribution < -0.4 is 5.32 Å². The predicted octanol–water partition coefficient (Wildman–Crippen LogP) is 1.66. The van der Waals surface area contributed by atoms with Gasteiger partial charge in [0, 0.05) is 26.2 Å². The van der Waals surface area contributed by atoms with Gasteiger partial charge < -0.3 is 10.1 Å². The molecule has 1 aromatic carbocycles. The fourth-order valence-electron chi connectivity index (χ4n) is 2.00. The van der Waals surface area contributed by atoms with Crippen molar-refractivity contribution in [3.63, 3.8) is 0 Å². The summed E-state index contributed by atoms with van der Waals surface area (Å²) in [4.78, 5) is 2.33. The van der Waals surface area contributed by atoms with E-state index in [4.69, 9.17) is 4.74 Å². The smallest absolute Gasteiger partial charge is 0.0630 e. The molecular formula is C14H24N2O. The quantitative estimate of drug-likeness (QED) is 0.779. The maximum Gasteiger partial charge on any atom is 0.0630 e. The number of nitrogens with one attached hydrogen (secondary N) is 1. The van der Waals surface area contributed by atoms with E-state index in [1.165, 1.54) is 11.1 Å². The first-order valence-corrected chi connectivity index (χ1v) is 6.06. The number of aryl methyl sites for hydroxylation is 1. The summed E-state index contributed by atoms with van der Waals surface area (Å²) >= 11 is 0. The van der Waals surface area contributed by atoms with Crippen LogP contribution in [-0.4, -0.2) is 45.3 Å². The molecule has 1 aromatic rings.